The fraction of sp³-hybridized carbons (Fsp3) is 0.652. The first-order chi connectivity index (χ1) is 13.6. The zero-order valence-corrected chi connectivity index (χ0v) is 17.5. The molecule has 0 saturated carbocycles. The Morgan fingerprint density at radius 2 is 1.61 bits per heavy atom. The molecular formula is C23H35N3O2. The monoisotopic (exact) mass is 385 g/mol. The lowest BCUT2D eigenvalue weighted by atomic mass is 9.94. The third kappa shape index (κ3) is 5.34. The quantitative estimate of drug-likeness (QED) is 0.782. The first-order valence-corrected chi connectivity index (χ1v) is 10.9. The number of amides is 2. The van der Waals surface area contributed by atoms with Gasteiger partial charge in [0.15, 0.2) is 0 Å². The maximum Gasteiger partial charge on any atom is 0.239 e. The Bertz CT molecular complexity index is 633. The first kappa shape index (κ1) is 20.8. The van der Waals surface area contributed by atoms with Crippen LogP contribution in [0, 0.1) is 5.92 Å². The molecule has 2 heterocycles. The standard InChI is InChI=1S/C23H35N3O2/c1-19(22(27)24(2)18-20-10-6-5-7-11-20)25-16-12-21(13-17-25)23(28)26-14-8-3-4-9-15-26/h5-7,10-11,19,21H,3-4,8-9,12-18H2,1-2H3. The number of likely N-dealkylation sites (tertiary alicyclic amines) is 2. The van der Waals surface area contributed by atoms with Gasteiger partial charge in [-0.1, -0.05) is 43.2 Å². The largest absolute Gasteiger partial charge is 0.342 e. The lowest BCUT2D eigenvalue weighted by molar-refractivity contribution is -0.139. The molecule has 0 spiro atoms. The van der Waals surface area contributed by atoms with E-state index in [-0.39, 0.29) is 17.9 Å². The predicted molar refractivity (Wildman–Crippen MR) is 112 cm³/mol. The van der Waals surface area contributed by atoms with Gasteiger partial charge in [0.2, 0.25) is 11.8 Å². The average Bonchev–Trinajstić information content (AvgIpc) is 3.02. The third-order valence-corrected chi connectivity index (χ3v) is 6.34. The summed E-state index contributed by atoms with van der Waals surface area (Å²) < 4.78 is 0. The van der Waals surface area contributed by atoms with E-state index in [2.05, 4.69) is 9.80 Å². The number of rotatable bonds is 5. The maximum absolute atomic E-state index is 12.9. The second kappa shape index (κ2) is 10.1. The van der Waals surface area contributed by atoms with E-state index >= 15 is 0 Å². The van der Waals surface area contributed by atoms with E-state index in [0.717, 1.165) is 57.4 Å². The zero-order chi connectivity index (χ0) is 19.9. The topological polar surface area (TPSA) is 43.9 Å². The molecule has 0 bridgehead atoms. The molecule has 0 radical (unpaired) electrons. The molecule has 2 fully saturated rings. The van der Waals surface area contributed by atoms with Crippen LogP contribution in [0.15, 0.2) is 30.3 Å². The normalized spacial score (nSPS) is 20.4. The molecule has 5 nitrogen and oxygen atoms in total. The number of piperidine rings is 1. The molecule has 1 aromatic carbocycles. The van der Waals surface area contributed by atoms with Crippen molar-refractivity contribution in [3.8, 4) is 0 Å². The summed E-state index contributed by atoms with van der Waals surface area (Å²) in [6.45, 7) is 6.15. The van der Waals surface area contributed by atoms with Crippen LogP contribution in [-0.4, -0.2) is 65.8 Å². The SMILES string of the molecule is CC(C(=O)N(C)Cc1ccccc1)N1CCC(C(=O)N2CCCCCC2)CC1. The van der Waals surface area contributed by atoms with Crippen molar-refractivity contribution in [2.45, 2.75) is 58.0 Å². The van der Waals surface area contributed by atoms with E-state index in [4.69, 9.17) is 0 Å². The number of carbonyl (C=O) groups excluding carboxylic acids is 2. The molecule has 1 aromatic rings. The molecule has 3 rings (SSSR count). The van der Waals surface area contributed by atoms with E-state index < -0.39 is 0 Å². The van der Waals surface area contributed by atoms with Crippen LogP contribution in [0.3, 0.4) is 0 Å². The van der Waals surface area contributed by atoms with Crippen LogP contribution < -0.4 is 0 Å². The summed E-state index contributed by atoms with van der Waals surface area (Å²) in [6.07, 6.45) is 6.52. The Kier molecular flexibility index (Phi) is 7.49. The van der Waals surface area contributed by atoms with Gasteiger partial charge < -0.3 is 9.80 Å². The van der Waals surface area contributed by atoms with Crippen molar-refractivity contribution < 1.29 is 9.59 Å². The van der Waals surface area contributed by atoms with Gasteiger partial charge in [0.1, 0.15) is 0 Å². The van der Waals surface area contributed by atoms with Crippen molar-refractivity contribution in [3.05, 3.63) is 35.9 Å². The minimum absolute atomic E-state index is 0.136. The van der Waals surface area contributed by atoms with Crippen molar-refractivity contribution in [3.63, 3.8) is 0 Å². The Labute approximate surface area is 169 Å². The highest BCUT2D eigenvalue weighted by molar-refractivity contribution is 5.81. The summed E-state index contributed by atoms with van der Waals surface area (Å²) in [5.74, 6) is 0.640. The number of nitrogens with zero attached hydrogens (tertiary/aromatic N) is 3. The summed E-state index contributed by atoms with van der Waals surface area (Å²) in [6, 6.07) is 9.96. The van der Waals surface area contributed by atoms with E-state index in [0.29, 0.717) is 12.5 Å². The fourth-order valence-corrected chi connectivity index (χ4v) is 4.49. The minimum Gasteiger partial charge on any atom is -0.342 e. The molecule has 1 unspecified atom stereocenters. The Hall–Kier alpha value is -1.88. The fourth-order valence-electron chi connectivity index (χ4n) is 4.49. The second-order valence-corrected chi connectivity index (χ2v) is 8.41. The highest BCUT2D eigenvalue weighted by Gasteiger charge is 2.32. The van der Waals surface area contributed by atoms with Gasteiger partial charge in [0.25, 0.3) is 0 Å². The molecule has 2 amide bonds. The van der Waals surface area contributed by atoms with E-state index in [9.17, 15) is 9.59 Å². The molecule has 5 heteroatoms. The molecule has 0 N–H and O–H groups in total. The van der Waals surface area contributed by atoms with Crippen molar-refractivity contribution in [2.24, 2.45) is 5.92 Å². The maximum atomic E-state index is 12.9. The van der Waals surface area contributed by atoms with Crippen LogP contribution in [0.1, 0.15) is 51.0 Å². The molecule has 2 aliphatic heterocycles. The summed E-state index contributed by atoms with van der Waals surface area (Å²) >= 11 is 0. The Balaban J connectivity index is 1.48. The van der Waals surface area contributed by atoms with E-state index in [1.54, 1.807) is 0 Å². The molecule has 154 valence electrons. The van der Waals surface area contributed by atoms with Gasteiger partial charge in [-0.15, -0.1) is 0 Å². The molecule has 2 aliphatic rings. The highest BCUT2D eigenvalue weighted by atomic mass is 16.2. The van der Waals surface area contributed by atoms with Gasteiger partial charge in [-0.2, -0.15) is 0 Å². The van der Waals surface area contributed by atoms with E-state index in [1.807, 2.05) is 49.2 Å². The summed E-state index contributed by atoms with van der Waals surface area (Å²) in [5, 5.41) is 0. The summed E-state index contributed by atoms with van der Waals surface area (Å²) in [7, 11) is 1.88. The molecule has 2 saturated heterocycles. The van der Waals surface area contributed by atoms with Crippen LogP contribution in [0.2, 0.25) is 0 Å². The van der Waals surface area contributed by atoms with Crippen LogP contribution in [0.5, 0.6) is 0 Å². The number of hydrogen-bond donors (Lipinski definition) is 0. The van der Waals surface area contributed by atoms with E-state index in [1.165, 1.54) is 12.8 Å². The van der Waals surface area contributed by atoms with Crippen molar-refractivity contribution in [1.82, 2.24) is 14.7 Å². The van der Waals surface area contributed by atoms with Crippen LogP contribution >= 0.6 is 0 Å². The molecule has 0 aromatic heterocycles. The zero-order valence-electron chi connectivity index (χ0n) is 17.5. The van der Waals surface area contributed by atoms with Crippen LogP contribution in [-0.2, 0) is 16.1 Å². The highest BCUT2D eigenvalue weighted by Crippen LogP contribution is 2.23. The predicted octanol–water partition coefficient (Wildman–Crippen LogP) is 3.15. The molecule has 0 aliphatic carbocycles. The molecular weight excluding hydrogens is 350 g/mol. The lowest BCUT2D eigenvalue weighted by Crippen LogP contribution is -2.50. The van der Waals surface area contributed by atoms with Gasteiger partial charge in [-0.3, -0.25) is 14.5 Å². The Morgan fingerprint density at radius 1 is 1.00 bits per heavy atom. The van der Waals surface area contributed by atoms with Gasteiger partial charge in [0.05, 0.1) is 6.04 Å². The summed E-state index contributed by atoms with van der Waals surface area (Å²) in [4.78, 5) is 31.9. The third-order valence-electron chi connectivity index (χ3n) is 6.34. The Morgan fingerprint density at radius 3 is 2.21 bits per heavy atom. The van der Waals surface area contributed by atoms with Crippen LogP contribution in [0.25, 0.3) is 0 Å². The number of carbonyl (C=O) groups is 2. The van der Waals surface area contributed by atoms with Crippen molar-refractivity contribution >= 4 is 11.8 Å². The average molecular weight is 386 g/mol. The van der Waals surface area contributed by atoms with Crippen LogP contribution in [0.4, 0.5) is 0 Å². The van der Waals surface area contributed by atoms with Crippen molar-refractivity contribution in [2.75, 3.05) is 33.2 Å². The first-order valence-electron chi connectivity index (χ1n) is 10.9. The summed E-state index contributed by atoms with van der Waals surface area (Å²) in [5.41, 5.74) is 1.15. The van der Waals surface area contributed by atoms with Gasteiger partial charge >= 0.3 is 0 Å². The number of benzene rings is 1. The van der Waals surface area contributed by atoms with Gasteiger partial charge in [-0.05, 0) is 51.3 Å². The van der Waals surface area contributed by atoms with Gasteiger partial charge in [-0.25, -0.2) is 0 Å². The second-order valence-electron chi connectivity index (χ2n) is 8.41. The molecule has 28 heavy (non-hydrogen) atoms. The van der Waals surface area contributed by atoms with Gasteiger partial charge in [0, 0.05) is 32.6 Å². The molecule has 1 atom stereocenters. The number of hydrogen-bond acceptors (Lipinski definition) is 3. The lowest BCUT2D eigenvalue weighted by Gasteiger charge is -2.37. The minimum atomic E-state index is -0.136. The number of likely N-dealkylation sites (N-methyl/N-ethyl adjacent to an activating group) is 1. The smallest absolute Gasteiger partial charge is 0.239 e. The van der Waals surface area contributed by atoms with Crippen molar-refractivity contribution in [1.29, 1.82) is 0 Å².